The molecule has 0 amide bonds. The van der Waals surface area contributed by atoms with Gasteiger partial charge < -0.3 is 9.47 Å². The quantitative estimate of drug-likeness (QED) is 0.802. The van der Waals surface area contributed by atoms with Crippen molar-refractivity contribution in [2.75, 3.05) is 7.11 Å². The minimum atomic E-state index is -0.608. The summed E-state index contributed by atoms with van der Waals surface area (Å²) < 4.78 is 11.2. The molecule has 1 saturated carbocycles. The molecule has 2 rings (SSSR count). The molecule has 1 atom stereocenters. The summed E-state index contributed by atoms with van der Waals surface area (Å²) in [7, 11) is 1.34. The Morgan fingerprint density at radius 1 is 1.56 bits per heavy atom. The average Bonchev–Trinajstić information content (AvgIpc) is 3.20. The van der Waals surface area contributed by atoms with Gasteiger partial charge in [-0.05, 0) is 31.0 Å². The van der Waals surface area contributed by atoms with Gasteiger partial charge in [-0.25, -0.2) is 4.79 Å². The second-order valence-electron chi connectivity index (χ2n) is 4.15. The molecule has 1 aliphatic rings. The van der Waals surface area contributed by atoms with Crippen LogP contribution in [0.3, 0.4) is 0 Å². The standard InChI is InChI=1S/C13H12BrNO3/c1-17-13(16)12(8-2-3-8)18-11-5-4-10(14)6-9(11)7-15/h4-6,8,12H,2-3H2,1H3. The highest BCUT2D eigenvalue weighted by molar-refractivity contribution is 9.10. The third kappa shape index (κ3) is 2.82. The molecule has 5 heteroatoms. The van der Waals surface area contributed by atoms with Crippen LogP contribution in [0.4, 0.5) is 0 Å². The van der Waals surface area contributed by atoms with Crippen LogP contribution in [0.25, 0.3) is 0 Å². The lowest BCUT2D eigenvalue weighted by Crippen LogP contribution is -2.30. The molecule has 94 valence electrons. The molecule has 0 spiro atoms. The zero-order valence-electron chi connectivity index (χ0n) is 9.85. The van der Waals surface area contributed by atoms with E-state index in [-0.39, 0.29) is 11.9 Å². The molecular formula is C13H12BrNO3. The normalized spacial score (nSPS) is 15.6. The van der Waals surface area contributed by atoms with Crippen LogP contribution in [0.15, 0.2) is 22.7 Å². The van der Waals surface area contributed by atoms with Gasteiger partial charge in [0.25, 0.3) is 0 Å². The van der Waals surface area contributed by atoms with Crippen LogP contribution in [0, 0.1) is 17.2 Å². The Morgan fingerprint density at radius 3 is 2.83 bits per heavy atom. The molecule has 1 aromatic rings. The molecule has 0 N–H and O–H groups in total. The zero-order valence-corrected chi connectivity index (χ0v) is 11.4. The van der Waals surface area contributed by atoms with Crippen molar-refractivity contribution >= 4 is 21.9 Å². The minimum Gasteiger partial charge on any atom is -0.477 e. The highest BCUT2D eigenvalue weighted by Gasteiger charge is 2.39. The van der Waals surface area contributed by atoms with E-state index in [4.69, 9.17) is 14.7 Å². The summed E-state index contributed by atoms with van der Waals surface area (Å²) in [5.74, 6) is 0.236. The zero-order chi connectivity index (χ0) is 13.1. The molecule has 0 heterocycles. The smallest absolute Gasteiger partial charge is 0.347 e. The molecule has 0 aromatic heterocycles. The van der Waals surface area contributed by atoms with Crippen molar-refractivity contribution in [1.82, 2.24) is 0 Å². The van der Waals surface area contributed by atoms with Gasteiger partial charge in [-0.3, -0.25) is 0 Å². The fourth-order valence-electron chi connectivity index (χ4n) is 1.68. The first kappa shape index (κ1) is 12.9. The molecule has 4 nitrogen and oxygen atoms in total. The monoisotopic (exact) mass is 309 g/mol. The number of halogens is 1. The van der Waals surface area contributed by atoms with Crippen molar-refractivity contribution in [1.29, 1.82) is 5.26 Å². The molecule has 0 radical (unpaired) electrons. The van der Waals surface area contributed by atoms with E-state index in [2.05, 4.69) is 22.0 Å². The van der Waals surface area contributed by atoms with Crippen LogP contribution in [-0.4, -0.2) is 19.2 Å². The fourth-order valence-corrected chi connectivity index (χ4v) is 2.04. The van der Waals surface area contributed by atoms with Crippen LogP contribution in [-0.2, 0) is 9.53 Å². The molecule has 0 bridgehead atoms. The molecule has 18 heavy (non-hydrogen) atoms. The molecule has 1 unspecified atom stereocenters. The number of rotatable bonds is 4. The van der Waals surface area contributed by atoms with Gasteiger partial charge in [-0.2, -0.15) is 5.26 Å². The Hall–Kier alpha value is -1.54. The van der Waals surface area contributed by atoms with E-state index < -0.39 is 6.10 Å². The van der Waals surface area contributed by atoms with Gasteiger partial charge in [0.05, 0.1) is 12.7 Å². The van der Waals surface area contributed by atoms with Gasteiger partial charge in [-0.15, -0.1) is 0 Å². The summed E-state index contributed by atoms with van der Waals surface area (Å²) in [5, 5.41) is 9.04. The van der Waals surface area contributed by atoms with Gasteiger partial charge in [-0.1, -0.05) is 15.9 Å². The largest absolute Gasteiger partial charge is 0.477 e. The highest BCUT2D eigenvalue weighted by atomic mass is 79.9. The SMILES string of the molecule is COC(=O)C(Oc1ccc(Br)cc1C#N)C1CC1. The number of carbonyl (C=O) groups excluding carboxylic acids is 1. The number of nitriles is 1. The number of nitrogens with zero attached hydrogens (tertiary/aromatic N) is 1. The molecule has 0 aliphatic heterocycles. The Kier molecular flexibility index (Phi) is 3.87. The lowest BCUT2D eigenvalue weighted by Gasteiger charge is -2.17. The number of hydrogen-bond acceptors (Lipinski definition) is 4. The maximum atomic E-state index is 11.6. The van der Waals surface area contributed by atoms with E-state index in [1.54, 1.807) is 18.2 Å². The van der Waals surface area contributed by atoms with Crippen LogP contribution in [0.2, 0.25) is 0 Å². The van der Waals surface area contributed by atoms with Crippen LogP contribution in [0.5, 0.6) is 5.75 Å². The first-order chi connectivity index (χ1) is 8.65. The molecule has 0 saturated heterocycles. The molecule has 1 fully saturated rings. The summed E-state index contributed by atoms with van der Waals surface area (Å²) in [6.45, 7) is 0. The Balaban J connectivity index is 2.21. The van der Waals surface area contributed by atoms with Crippen molar-refractivity contribution < 1.29 is 14.3 Å². The van der Waals surface area contributed by atoms with Crippen molar-refractivity contribution in [3.63, 3.8) is 0 Å². The summed E-state index contributed by atoms with van der Waals surface area (Å²) in [6, 6.07) is 7.17. The van der Waals surface area contributed by atoms with Crippen molar-refractivity contribution in [2.24, 2.45) is 5.92 Å². The number of methoxy groups -OCH3 is 1. The predicted octanol–water partition coefficient (Wildman–Crippen LogP) is 2.65. The van der Waals surface area contributed by atoms with Crippen LogP contribution < -0.4 is 4.74 Å². The van der Waals surface area contributed by atoms with E-state index in [0.29, 0.717) is 11.3 Å². The summed E-state index contributed by atoms with van der Waals surface area (Å²) >= 11 is 3.29. The maximum Gasteiger partial charge on any atom is 0.347 e. The van der Waals surface area contributed by atoms with Crippen molar-refractivity contribution in [3.05, 3.63) is 28.2 Å². The second-order valence-corrected chi connectivity index (χ2v) is 5.07. The first-order valence-corrected chi connectivity index (χ1v) is 6.39. The second kappa shape index (κ2) is 5.40. The van der Waals surface area contributed by atoms with Crippen LogP contribution >= 0.6 is 15.9 Å². The third-order valence-electron chi connectivity index (χ3n) is 2.80. The molecule has 1 aromatic carbocycles. The lowest BCUT2D eigenvalue weighted by atomic mass is 10.2. The summed E-state index contributed by atoms with van der Waals surface area (Å²) in [6.07, 6.45) is 1.30. The van der Waals surface area contributed by atoms with E-state index in [1.165, 1.54) is 7.11 Å². The fraction of sp³-hybridized carbons (Fsp3) is 0.385. The summed E-state index contributed by atoms with van der Waals surface area (Å²) in [4.78, 5) is 11.6. The number of ether oxygens (including phenoxy) is 2. The van der Waals surface area contributed by atoms with E-state index >= 15 is 0 Å². The maximum absolute atomic E-state index is 11.6. The number of esters is 1. The van der Waals surface area contributed by atoms with Gasteiger partial charge >= 0.3 is 5.97 Å². The molecular weight excluding hydrogens is 298 g/mol. The minimum absolute atomic E-state index is 0.202. The van der Waals surface area contributed by atoms with E-state index in [1.807, 2.05) is 0 Å². The number of hydrogen-bond donors (Lipinski definition) is 0. The highest BCUT2D eigenvalue weighted by Crippen LogP contribution is 2.36. The van der Waals surface area contributed by atoms with Gasteiger partial charge in [0, 0.05) is 10.4 Å². The lowest BCUT2D eigenvalue weighted by molar-refractivity contribution is -0.149. The average molecular weight is 310 g/mol. The number of benzene rings is 1. The van der Waals surface area contributed by atoms with Crippen molar-refractivity contribution in [2.45, 2.75) is 18.9 Å². The van der Waals surface area contributed by atoms with Crippen LogP contribution in [0.1, 0.15) is 18.4 Å². The Morgan fingerprint density at radius 2 is 2.28 bits per heavy atom. The Bertz CT molecular complexity index is 505. The predicted molar refractivity (Wildman–Crippen MR) is 68.0 cm³/mol. The Labute approximate surface area is 114 Å². The van der Waals surface area contributed by atoms with E-state index in [9.17, 15) is 4.79 Å². The van der Waals surface area contributed by atoms with E-state index in [0.717, 1.165) is 17.3 Å². The van der Waals surface area contributed by atoms with Crippen molar-refractivity contribution in [3.8, 4) is 11.8 Å². The van der Waals surface area contributed by atoms with Gasteiger partial charge in [0.2, 0.25) is 0 Å². The first-order valence-electron chi connectivity index (χ1n) is 5.60. The third-order valence-corrected chi connectivity index (χ3v) is 3.29. The summed E-state index contributed by atoms with van der Waals surface area (Å²) in [5.41, 5.74) is 0.402. The van der Waals surface area contributed by atoms with Gasteiger partial charge in [0.15, 0.2) is 6.10 Å². The van der Waals surface area contributed by atoms with Gasteiger partial charge in [0.1, 0.15) is 11.8 Å². The number of carbonyl (C=O) groups is 1. The topological polar surface area (TPSA) is 59.3 Å². The molecule has 1 aliphatic carbocycles.